The van der Waals surface area contributed by atoms with Crippen molar-refractivity contribution >= 4 is 11.6 Å². The van der Waals surface area contributed by atoms with E-state index in [0.29, 0.717) is 18.0 Å². The lowest BCUT2D eigenvalue weighted by molar-refractivity contribution is 0.366. The van der Waals surface area contributed by atoms with Crippen molar-refractivity contribution in [2.45, 2.75) is 19.9 Å². The minimum Gasteiger partial charge on any atom is -0.494 e. The molecule has 0 aliphatic heterocycles. The number of hydrogen-bond donors (Lipinski definition) is 2. The van der Waals surface area contributed by atoms with Crippen LogP contribution in [0.4, 0.5) is 0 Å². The Morgan fingerprint density at radius 2 is 2.17 bits per heavy atom. The van der Waals surface area contributed by atoms with Crippen molar-refractivity contribution in [3.05, 3.63) is 11.6 Å². The molecule has 1 aromatic heterocycles. The summed E-state index contributed by atoms with van der Waals surface area (Å²) in [7, 11) is 0. The number of nitrogens with zero attached hydrogens (tertiary/aromatic N) is 1. The second kappa shape index (κ2) is 3.72. The number of alkyl halides is 1. The first-order valence-electron chi connectivity index (χ1n) is 3.81. The van der Waals surface area contributed by atoms with Gasteiger partial charge in [0.05, 0.1) is 0 Å². The highest BCUT2D eigenvalue weighted by atomic mass is 35.5. The highest BCUT2D eigenvalue weighted by Crippen LogP contribution is 2.26. The molecule has 0 aliphatic rings. The Bertz CT molecular complexity index is 270. The zero-order chi connectivity index (χ0) is 9.14. The van der Waals surface area contributed by atoms with Crippen LogP contribution in [-0.4, -0.2) is 20.7 Å². The lowest BCUT2D eigenvalue weighted by atomic mass is 10.4. The van der Waals surface area contributed by atoms with Gasteiger partial charge in [0.25, 0.3) is 0 Å². The fourth-order valence-electron chi connectivity index (χ4n) is 1.10. The molecule has 0 aromatic carbocycles. The minimum absolute atomic E-state index is 0.0927. The van der Waals surface area contributed by atoms with Crippen LogP contribution in [0, 0.1) is 6.92 Å². The molecule has 0 atom stereocenters. The maximum atomic E-state index is 9.40. The third kappa shape index (κ3) is 1.67. The van der Waals surface area contributed by atoms with Crippen LogP contribution in [0.3, 0.4) is 0 Å². The monoisotopic (exact) mass is 189 g/mol. The minimum atomic E-state index is 0.0927. The van der Waals surface area contributed by atoms with Crippen LogP contribution in [0.15, 0.2) is 6.07 Å². The van der Waals surface area contributed by atoms with E-state index in [4.69, 9.17) is 11.6 Å². The molecule has 0 amide bonds. The Morgan fingerprint density at radius 1 is 1.50 bits per heavy atom. The van der Waals surface area contributed by atoms with Gasteiger partial charge in [-0.25, -0.2) is 0 Å². The van der Waals surface area contributed by atoms with E-state index in [1.165, 1.54) is 10.6 Å². The molecule has 1 heterocycles. The quantitative estimate of drug-likeness (QED) is 0.713. The maximum absolute atomic E-state index is 9.40. The second-order valence-electron chi connectivity index (χ2n) is 2.70. The molecule has 0 bridgehead atoms. The number of aryl methyl sites for hydroxylation is 1. The molecule has 0 fully saturated rings. The molecule has 1 rings (SSSR count). The van der Waals surface area contributed by atoms with E-state index >= 15 is 0 Å². The summed E-state index contributed by atoms with van der Waals surface area (Å²) in [6.45, 7) is 2.29. The average molecular weight is 190 g/mol. The van der Waals surface area contributed by atoms with Crippen LogP contribution >= 0.6 is 11.6 Å². The first-order chi connectivity index (χ1) is 5.66. The molecule has 0 saturated carbocycles. The Kier molecular flexibility index (Phi) is 2.87. The van der Waals surface area contributed by atoms with Gasteiger partial charge >= 0.3 is 0 Å². The number of aromatic nitrogens is 1. The zero-order valence-electron chi connectivity index (χ0n) is 6.92. The summed E-state index contributed by atoms with van der Waals surface area (Å²) in [4.78, 5) is 0. The molecular weight excluding hydrogens is 178 g/mol. The molecule has 0 unspecified atom stereocenters. The van der Waals surface area contributed by atoms with Crippen molar-refractivity contribution in [1.82, 2.24) is 4.57 Å². The van der Waals surface area contributed by atoms with E-state index in [0.717, 1.165) is 6.42 Å². The van der Waals surface area contributed by atoms with Gasteiger partial charge in [-0.2, -0.15) is 0 Å². The number of halogens is 1. The molecule has 0 spiro atoms. The summed E-state index contributed by atoms with van der Waals surface area (Å²) < 4.78 is 1.44. The smallest absolute Gasteiger partial charge is 0.196 e. The van der Waals surface area contributed by atoms with E-state index in [1.54, 1.807) is 6.92 Å². The molecule has 0 aliphatic carbocycles. The van der Waals surface area contributed by atoms with Crippen molar-refractivity contribution in [2.24, 2.45) is 0 Å². The first kappa shape index (κ1) is 9.26. The summed E-state index contributed by atoms with van der Waals surface area (Å²) in [6, 6.07) is 1.53. The van der Waals surface area contributed by atoms with Crippen LogP contribution in [0.25, 0.3) is 0 Å². The molecule has 12 heavy (non-hydrogen) atoms. The van der Waals surface area contributed by atoms with Gasteiger partial charge in [0, 0.05) is 24.1 Å². The fourth-order valence-corrected chi connectivity index (χ4v) is 1.22. The van der Waals surface area contributed by atoms with Crippen molar-refractivity contribution in [3.63, 3.8) is 0 Å². The number of rotatable bonds is 3. The standard InChI is InChI=1S/C8H12ClNO2/c1-6-5-7(11)10(8(6)12)4-2-3-9/h5,11-12H,2-4H2,1H3. The molecule has 68 valence electrons. The van der Waals surface area contributed by atoms with E-state index in [9.17, 15) is 10.2 Å². The summed E-state index contributed by atoms with van der Waals surface area (Å²) in [5.74, 6) is 0.739. The second-order valence-corrected chi connectivity index (χ2v) is 3.08. The summed E-state index contributed by atoms with van der Waals surface area (Å²) in [5.41, 5.74) is 0.682. The molecule has 0 radical (unpaired) electrons. The van der Waals surface area contributed by atoms with Crippen molar-refractivity contribution in [3.8, 4) is 11.8 Å². The predicted molar refractivity (Wildman–Crippen MR) is 47.8 cm³/mol. The van der Waals surface area contributed by atoms with Gasteiger partial charge in [-0.1, -0.05) is 0 Å². The van der Waals surface area contributed by atoms with Crippen molar-refractivity contribution in [2.75, 3.05) is 5.88 Å². The Labute approximate surface area is 76.2 Å². The third-order valence-electron chi connectivity index (χ3n) is 1.75. The van der Waals surface area contributed by atoms with E-state index in [-0.39, 0.29) is 11.8 Å². The molecule has 2 N–H and O–H groups in total. The molecule has 1 aromatic rings. The zero-order valence-corrected chi connectivity index (χ0v) is 7.67. The predicted octanol–water partition coefficient (Wildman–Crippen LogP) is 1.84. The van der Waals surface area contributed by atoms with Crippen LogP contribution in [-0.2, 0) is 6.54 Å². The largest absolute Gasteiger partial charge is 0.494 e. The molecule has 0 saturated heterocycles. The SMILES string of the molecule is Cc1cc(O)n(CCCCl)c1O. The molecule has 4 heteroatoms. The maximum Gasteiger partial charge on any atom is 0.196 e. The molecular formula is C8H12ClNO2. The summed E-state index contributed by atoms with van der Waals surface area (Å²) in [5, 5.41) is 18.7. The van der Waals surface area contributed by atoms with E-state index < -0.39 is 0 Å². The van der Waals surface area contributed by atoms with Gasteiger partial charge in [-0.15, -0.1) is 11.6 Å². The van der Waals surface area contributed by atoms with Gasteiger partial charge in [-0.05, 0) is 13.3 Å². The van der Waals surface area contributed by atoms with Crippen LogP contribution in [0.1, 0.15) is 12.0 Å². The number of hydrogen-bond acceptors (Lipinski definition) is 2. The van der Waals surface area contributed by atoms with Gasteiger partial charge in [-0.3, -0.25) is 4.57 Å². The Hall–Kier alpha value is -0.830. The Balaban J connectivity index is 2.82. The van der Waals surface area contributed by atoms with E-state index in [2.05, 4.69) is 0 Å². The summed E-state index contributed by atoms with van der Waals surface area (Å²) >= 11 is 5.49. The van der Waals surface area contributed by atoms with Crippen molar-refractivity contribution < 1.29 is 10.2 Å². The van der Waals surface area contributed by atoms with Crippen LogP contribution in [0.2, 0.25) is 0 Å². The van der Waals surface area contributed by atoms with Gasteiger partial charge in [0.2, 0.25) is 0 Å². The normalized spacial score (nSPS) is 10.5. The highest BCUT2D eigenvalue weighted by Gasteiger charge is 2.08. The van der Waals surface area contributed by atoms with Gasteiger partial charge in [0.1, 0.15) is 0 Å². The summed E-state index contributed by atoms with van der Waals surface area (Å²) in [6.07, 6.45) is 0.733. The van der Waals surface area contributed by atoms with Gasteiger partial charge < -0.3 is 10.2 Å². The fraction of sp³-hybridized carbons (Fsp3) is 0.500. The Morgan fingerprint density at radius 3 is 2.58 bits per heavy atom. The third-order valence-corrected chi connectivity index (χ3v) is 2.01. The van der Waals surface area contributed by atoms with Crippen molar-refractivity contribution in [1.29, 1.82) is 0 Å². The topological polar surface area (TPSA) is 45.4 Å². The first-order valence-corrected chi connectivity index (χ1v) is 4.34. The lowest BCUT2D eigenvalue weighted by Gasteiger charge is -2.04. The average Bonchev–Trinajstić information content (AvgIpc) is 2.25. The highest BCUT2D eigenvalue weighted by molar-refractivity contribution is 6.17. The van der Waals surface area contributed by atoms with Crippen LogP contribution < -0.4 is 0 Å². The van der Waals surface area contributed by atoms with Crippen LogP contribution in [0.5, 0.6) is 11.8 Å². The van der Waals surface area contributed by atoms with E-state index in [1.807, 2.05) is 0 Å². The van der Waals surface area contributed by atoms with Gasteiger partial charge in [0.15, 0.2) is 11.8 Å². The lowest BCUT2D eigenvalue weighted by Crippen LogP contribution is -1.97. The molecule has 3 nitrogen and oxygen atoms in total. The number of aromatic hydroxyl groups is 2.